The molecule has 1 aliphatic carbocycles. The van der Waals surface area contributed by atoms with E-state index >= 15 is 0 Å². The Labute approximate surface area is 103 Å². The molecule has 1 aliphatic rings. The smallest absolute Gasteiger partial charge is 0.0388 e. The average Bonchev–Trinajstić information content (AvgIpc) is 2.54. The van der Waals surface area contributed by atoms with Gasteiger partial charge in [-0.15, -0.1) is 0 Å². The van der Waals surface area contributed by atoms with Crippen LogP contribution in [0.15, 0.2) is 0 Å². The summed E-state index contributed by atoms with van der Waals surface area (Å²) in [5, 5.41) is 0.393. The molecule has 96 valence electrons. The fraction of sp³-hybridized carbons (Fsp3) is 1.00. The largest absolute Gasteiger partial charge is 0.330 e. The van der Waals surface area contributed by atoms with Gasteiger partial charge in [0.1, 0.15) is 0 Å². The summed E-state index contributed by atoms with van der Waals surface area (Å²) in [6.45, 7) is 2.92. The molecule has 3 heteroatoms. The number of unbranched alkanes of at least 4 members (excludes halogenated alkanes) is 2. The van der Waals surface area contributed by atoms with Crippen LogP contribution in [0.4, 0.5) is 0 Å². The molecule has 3 unspecified atom stereocenters. The Morgan fingerprint density at radius 3 is 2.62 bits per heavy atom. The van der Waals surface area contributed by atoms with E-state index in [-0.39, 0.29) is 0 Å². The molecule has 1 rings (SSSR count). The number of rotatable bonds is 6. The Morgan fingerprint density at radius 2 is 1.94 bits per heavy atom. The van der Waals surface area contributed by atoms with Crippen molar-refractivity contribution in [2.24, 2.45) is 11.7 Å². The molecule has 0 aromatic rings. The third-order valence-corrected chi connectivity index (χ3v) is 5.67. The molecule has 0 heterocycles. The average molecular weight is 245 g/mol. The normalized spacial score (nSPS) is 28.6. The fourth-order valence-electron chi connectivity index (χ4n) is 2.61. The van der Waals surface area contributed by atoms with Gasteiger partial charge < -0.3 is 5.73 Å². The van der Waals surface area contributed by atoms with Crippen LogP contribution in [-0.4, -0.2) is 21.8 Å². The Morgan fingerprint density at radius 1 is 1.19 bits per heavy atom. The van der Waals surface area contributed by atoms with Gasteiger partial charge >= 0.3 is 0 Å². The summed E-state index contributed by atoms with van der Waals surface area (Å²) < 4.78 is 12.3. The minimum Gasteiger partial charge on any atom is -0.330 e. The summed E-state index contributed by atoms with van der Waals surface area (Å²) in [5.74, 6) is 1.42. The molecular weight excluding hydrogens is 218 g/mol. The molecule has 0 bridgehead atoms. The molecule has 1 saturated carbocycles. The second-order valence-electron chi connectivity index (χ2n) is 4.96. The highest BCUT2D eigenvalue weighted by atomic mass is 32.2. The quantitative estimate of drug-likeness (QED) is 0.577. The van der Waals surface area contributed by atoms with Gasteiger partial charge in [0.05, 0.1) is 0 Å². The zero-order valence-corrected chi connectivity index (χ0v) is 11.4. The molecule has 3 atom stereocenters. The van der Waals surface area contributed by atoms with Crippen LogP contribution in [0.25, 0.3) is 0 Å². The van der Waals surface area contributed by atoms with E-state index in [0.717, 1.165) is 25.1 Å². The van der Waals surface area contributed by atoms with Crippen molar-refractivity contribution in [2.45, 2.75) is 63.5 Å². The summed E-state index contributed by atoms with van der Waals surface area (Å²) in [4.78, 5) is 0. The molecule has 0 spiro atoms. The molecular formula is C13H27NOS. The second-order valence-corrected chi connectivity index (χ2v) is 6.74. The van der Waals surface area contributed by atoms with Crippen molar-refractivity contribution in [1.29, 1.82) is 0 Å². The predicted molar refractivity (Wildman–Crippen MR) is 72.0 cm³/mol. The Hall–Kier alpha value is 0.110. The lowest BCUT2D eigenvalue weighted by Crippen LogP contribution is -2.31. The van der Waals surface area contributed by atoms with Crippen molar-refractivity contribution >= 4 is 10.8 Å². The molecule has 16 heavy (non-hydrogen) atoms. The van der Waals surface area contributed by atoms with E-state index < -0.39 is 10.8 Å². The Kier molecular flexibility index (Phi) is 7.30. The molecule has 0 aromatic carbocycles. The van der Waals surface area contributed by atoms with E-state index in [1.54, 1.807) is 0 Å². The standard InChI is InChI=1S/C13H27NOS/c1-2-3-7-10-16(15)13-9-6-4-5-8-12(13)11-14/h12-13H,2-11,14H2,1H3. The molecule has 0 aliphatic heterocycles. The summed E-state index contributed by atoms with van der Waals surface area (Å²) in [5.41, 5.74) is 5.82. The predicted octanol–water partition coefficient (Wildman–Crippen LogP) is 2.83. The third kappa shape index (κ3) is 4.54. The summed E-state index contributed by atoms with van der Waals surface area (Å²) in [6, 6.07) is 0. The first-order valence-electron chi connectivity index (χ1n) is 6.86. The molecule has 0 radical (unpaired) electrons. The van der Waals surface area contributed by atoms with Crippen molar-refractivity contribution in [3.05, 3.63) is 0 Å². The topological polar surface area (TPSA) is 43.1 Å². The number of nitrogens with two attached hydrogens (primary N) is 1. The molecule has 0 amide bonds. The van der Waals surface area contributed by atoms with E-state index in [9.17, 15) is 4.21 Å². The fourth-order valence-corrected chi connectivity index (χ4v) is 4.51. The molecule has 0 aromatic heterocycles. The van der Waals surface area contributed by atoms with Crippen LogP contribution in [0, 0.1) is 5.92 Å². The molecule has 0 saturated heterocycles. The first-order valence-corrected chi connectivity index (χ1v) is 8.25. The van der Waals surface area contributed by atoms with Crippen LogP contribution >= 0.6 is 0 Å². The summed E-state index contributed by atoms with van der Waals surface area (Å²) >= 11 is 0. The van der Waals surface area contributed by atoms with Crippen molar-refractivity contribution in [3.63, 3.8) is 0 Å². The van der Waals surface area contributed by atoms with Gasteiger partial charge in [-0.25, -0.2) is 0 Å². The maximum absolute atomic E-state index is 12.3. The van der Waals surface area contributed by atoms with Gasteiger partial charge in [0, 0.05) is 21.8 Å². The van der Waals surface area contributed by atoms with Crippen LogP contribution in [0.5, 0.6) is 0 Å². The van der Waals surface area contributed by atoms with Crippen molar-refractivity contribution in [1.82, 2.24) is 0 Å². The van der Waals surface area contributed by atoms with Gasteiger partial charge in [-0.2, -0.15) is 0 Å². The van der Waals surface area contributed by atoms with E-state index in [1.807, 2.05) is 0 Å². The minimum atomic E-state index is -0.629. The van der Waals surface area contributed by atoms with Crippen molar-refractivity contribution in [2.75, 3.05) is 12.3 Å². The van der Waals surface area contributed by atoms with Crippen LogP contribution in [0.3, 0.4) is 0 Å². The van der Waals surface area contributed by atoms with Crippen LogP contribution < -0.4 is 5.73 Å². The minimum absolute atomic E-state index is 0.393. The Bertz CT molecular complexity index is 208. The van der Waals surface area contributed by atoms with Crippen LogP contribution in [0.2, 0.25) is 0 Å². The third-order valence-electron chi connectivity index (χ3n) is 3.68. The molecule has 2 nitrogen and oxygen atoms in total. The van der Waals surface area contributed by atoms with Gasteiger partial charge in [-0.3, -0.25) is 4.21 Å². The summed E-state index contributed by atoms with van der Waals surface area (Å²) in [7, 11) is -0.629. The zero-order valence-electron chi connectivity index (χ0n) is 10.6. The lowest BCUT2D eigenvalue weighted by molar-refractivity contribution is 0.473. The van der Waals surface area contributed by atoms with Crippen molar-refractivity contribution in [3.8, 4) is 0 Å². The Balaban J connectivity index is 2.42. The van der Waals surface area contributed by atoms with Gasteiger partial charge in [-0.1, -0.05) is 39.0 Å². The van der Waals surface area contributed by atoms with E-state index in [2.05, 4.69) is 6.92 Å². The van der Waals surface area contributed by atoms with Crippen molar-refractivity contribution < 1.29 is 4.21 Å². The SMILES string of the molecule is CCCCCS(=O)C1CCCCCC1CN. The first kappa shape index (κ1) is 14.2. The highest BCUT2D eigenvalue weighted by Gasteiger charge is 2.26. The molecule has 1 fully saturated rings. The highest BCUT2D eigenvalue weighted by Crippen LogP contribution is 2.27. The summed E-state index contributed by atoms with van der Waals surface area (Å²) in [6.07, 6.45) is 9.72. The lowest BCUT2D eigenvalue weighted by atomic mass is 10.0. The van der Waals surface area contributed by atoms with Crippen LogP contribution in [0.1, 0.15) is 58.3 Å². The van der Waals surface area contributed by atoms with Crippen LogP contribution in [-0.2, 0) is 10.8 Å². The van der Waals surface area contributed by atoms with E-state index in [4.69, 9.17) is 5.73 Å². The monoisotopic (exact) mass is 245 g/mol. The van der Waals surface area contributed by atoms with Gasteiger partial charge in [0.25, 0.3) is 0 Å². The number of hydrogen-bond acceptors (Lipinski definition) is 2. The maximum atomic E-state index is 12.3. The number of hydrogen-bond donors (Lipinski definition) is 1. The van der Waals surface area contributed by atoms with Gasteiger partial charge in [-0.05, 0) is 31.7 Å². The van der Waals surface area contributed by atoms with Gasteiger partial charge in [0.15, 0.2) is 0 Å². The maximum Gasteiger partial charge on any atom is 0.0388 e. The second kappa shape index (κ2) is 8.24. The molecule has 2 N–H and O–H groups in total. The zero-order chi connectivity index (χ0) is 11.8. The van der Waals surface area contributed by atoms with E-state index in [1.165, 1.54) is 38.5 Å². The first-order chi connectivity index (χ1) is 7.79. The van der Waals surface area contributed by atoms with Gasteiger partial charge in [0.2, 0.25) is 0 Å². The van der Waals surface area contributed by atoms with E-state index in [0.29, 0.717) is 11.2 Å². The highest BCUT2D eigenvalue weighted by molar-refractivity contribution is 7.85. The lowest BCUT2D eigenvalue weighted by Gasteiger charge is -2.23.